The lowest BCUT2D eigenvalue weighted by Gasteiger charge is -2.29. The van der Waals surface area contributed by atoms with Gasteiger partial charge in [-0.05, 0) is 31.0 Å². The average Bonchev–Trinajstić information content (AvgIpc) is 2.74. The van der Waals surface area contributed by atoms with Crippen LogP contribution in [0.2, 0.25) is 0 Å². The third kappa shape index (κ3) is 3.37. The van der Waals surface area contributed by atoms with Crippen molar-refractivity contribution in [3.63, 3.8) is 0 Å². The minimum atomic E-state index is -1.24. The molecular weight excluding hydrogens is 289 g/mol. The Morgan fingerprint density at radius 2 is 1.86 bits per heavy atom. The monoisotopic (exact) mass is 309 g/mol. The van der Waals surface area contributed by atoms with Gasteiger partial charge in [-0.2, -0.15) is 0 Å². The van der Waals surface area contributed by atoms with E-state index >= 15 is 0 Å². The standard InChI is InChI=1S/C16H20FNO4/c1-22-13-10-11(6-7-12(13)17)14(19)18-16(15(20)21)8-4-2-3-5-9-16/h6-7,10H,2-5,8-9H2,1H3,(H,18,19)(H,20,21). The van der Waals surface area contributed by atoms with Crippen LogP contribution < -0.4 is 10.1 Å². The lowest BCUT2D eigenvalue weighted by atomic mass is 9.90. The molecule has 2 rings (SSSR count). The molecule has 1 aromatic rings. The SMILES string of the molecule is COc1cc(C(=O)NC2(C(=O)O)CCCCCC2)ccc1F. The average molecular weight is 309 g/mol. The molecule has 0 aromatic heterocycles. The highest BCUT2D eigenvalue weighted by molar-refractivity contribution is 5.98. The maximum Gasteiger partial charge on any atom is 0.329 e. The van der Waals surface area contributed by atoms with E-state index in [9.17, 15) is 19.1 Å². The summed E-state index contributed by atoms with van der Waals surface area (Å²) < 4.78 is 18.2. The van der Waals surface area contributed by atoms with Crippen LogP contribution in [0.5, 0.6) is 5.75 Å². The van der Waals surface area contributed by atoms with Crippen molar-refractivity contribution in [3.8, 4) is 5.75 Å². The van der Waals surface area contributed by atoms with Crippen LogP contribution in [0.25, 0.3) is 0 Å². The maximum absolute atomic E-state index is 13.4. The number of carboxylic acids is 1. The molecule has 1 aliphatic carbocycles. The number of hydrogen-bond donors (Lipinski definition) is 2. The molecule has 6 heteroatoms. The Morgan fingerprint density at radius 1 is 1.23 bits per heavy atom. The molecule has 0 heterocycles. The third-order valence-electron chi connectivity index (χ3n) is 4.13. The molecule has 120 valence electrons. The predicted molar refractivity (Wildman–Crippen MR) is 78.5 cm³/mol. The molecule has 5 nitrogen and oxygen atoms in total. The number of aliphatic carboxylic acids is 1. The summed E-state index contributed by atoms with van der Waals surface area (Å²) in [4.78, 5) is 24.0. The summed E-state index contributed by atoms with van der Waals surface area (Å²) >= 11 is 0. The second kappa shape index (κ2) is 6.77. The number of hydrogen-bond acceptors (Lipinski definition) is 3. The molecule has 0 spiro atoms. The van der Waals surface area contributed by atoms with Gasteiger partial charge in [0.25, 0.3) is 5.91 Å². The van der Waals surface area contributed by atoms with E-state index in [0.717, 1.165) is 31.7 Å². The molecule has 0 aliphatic heterocycles. The van der Waals surface area contributed by atoms with E-state index in [0.29, 0.717) is 12.8 Å². The van der Waals surface area contributed by atoms with Crippen LogP contribution in [-0.2, 0) is 4.79 Å². The van der Waals surface area contributed by atoms with Gasteiger partial charge in [-0.15, -0.1) is 0 Å². The van der Waals surface area contributed by atoms with Crippen LogP contribution in [-0.4, -0.2) is 29.6 Å². The normalized spacial score (nSPS) is 17.4. The zero-order valence-corrected chi connectivity index (χ0v) is 12.5. The lowest BCUT2D eigenvalue weighted by molar-refractivity contribution is -0.145. The van der Waals surface area contributed by atoms with Crippen molar-refractivity contribution >= 4 is 11.9 Å². The zero-order chi connectivity index (χ0) is 16.2. The second-order valence-electron chi connectivity index (χ2n) is 5.60. The Morgan fingerprint density at radius 3 is 2.41 bits per heavy atom. The zero-order valence-electron chi connectivity index (χ0n) is 12.5. The van der Waals surface area contributed by atoms with Crippen molar-refractivity contribution < 1.29 is 23.8 Å². The number of nitrogens with one attached hydrogen (secondary N) is 1. The van der Waals surface area contributed by atoms with E-state index in [4.69, 9.17) is 4.74 Å². The first kappa shape index (κ1) is 16.3. The highest BCUT2D eigenvalue weighted by atomic mass is 19.1. The Labute approximate surface area is 128 Å². The van der Waals surface area contributed by atoms with Gasteiger partial charge in [0.05, 0.1) is 7.11 Å². The predicted octanol–water partition coefficient (Wildman–Crippen LogP) is 2.74. The Bertz CT molecular complexity index is 565. The van der Waals surface area contributed by atoms with Crippen LogP contribution in [0, 0.1) is 5.82 Å². The minimum Gasteiger partial charge on any atom is -0.494 e. The maximum atomic E-state index is 13.4. The molecule has 0 atom stereocenters. The number of amides is 1. The highest BCUT2D eigenvalue weighted by Crippen LogP contribution is 2.28. The number of carbonyl (C=O) groups is 2. The van der Waals surface area contributed by atoms with Crippen molar-refractivity contribution in [2.45, 2.75) is 44.1 Å². The van der Waals surface area contributed by atoms with Crippen LogP contribution in [0.15, 0.2) is 18.2 Å². The van der Waals surface area contributed by atoms with E-state index in [1.54, 1.807) is 0 Å². The summed E-state index contributed by atoms with van der Waals surface area (Å²) in [6, 6.07) is 3.73. The van der Waals surface area contributed by atoms with Gasteiger partial charge in [0, 0.05) is 5.56 Å². The van der Waals surface area contributed by atoms with Gasteiger partial charge in [-0.3, -0.25) is 4.79 Å². The van der Waals surface area contributed by atoms with Gasteiger partial charge in [0.1, 0.15) is 5.54 Å². The van der Waals surface area contributed by atoms with Gasteiger partial charge >= 0.3 is 5.97 Å². The van der Waals surface area contributed by atoms with Gasteiger partial charge in [-0.25, -0.2) is 9.18 Å². The van der Waals surface area contributed by atoms with Crippen molar-refractivity contribution in [1.82, 2.24) is 5.32 Å². The number of methoxy groups -OCH3 is 1. The molecule has 1 aromatic carbocycles. The minimum absolute atomic E-state index is 0.0436. The van der Waals surface area contributed by atoms with E-state index in [1.807, 2.05) is 0 Å². The van der Waals surface area contributed by atoms with E-state index < -0.39 is 23.2 Å². The molecule has 1 saturated carbocycles. The quantitative estimate of drug-likeness (QED) is 0.839. The fourth-order valence-corrected chi connectivity index (χ4v) is 2.81. The molecule has 2 N–H and O–H groups in total. The van der Waals surface area contributed by atoms with Gasteiger partial charge in [0.2, 0.25) is 0 Å². The van der Waals surface area contributed by atoms with Gasteiger partial charge < -0.3 is 15.2 Å². The molecule has 0 radical (unpaired) electrons. The Kier molecular flexibility index (Phi) is 5.00. The van der Waals surface area contributed by atoms with Gasteiger partial charge in [-0.1, -0.05) is 25.7 Å². The summed E-state index contributed by atoms with van der Waals surface area (Å²) in [5, 5.41) is 12.2. The lowest BCUT2D eigenvalue weighted by Crippen LogP contribution is -2.54. The molecular formula is C16H20FNO4. The Balaban J connectivity index is 2.22. The fourth-order valence-electron chi connectivity index (χ4n) is 2.81. The topological polar surface area (TPSA) is 75.6 Å². The van der Waals surface area contributed by atoms with E-state index in [1.165, 1.54) is 19.2 Å². The fraction of sp³-hybridized carbons (Fsp3) is 0.500. The second-order valence-corrected chi connectivity index (χ2v) is 5.60. The van der Waals surface area contributed by atoms with Crippen LogP contribution in [0.4, 0.5) is 4.39 Å². The summed E-state index contributed by atoms with van der Waals surface area (Å²) in [5.41, 5.74) is -1.06. The highest BCUT2D eigenvalue weighted by Gasteiger charge is 2.40. The van der Waals surface area contributed by atoms with Crippen LogP contribution in [0.1, 0.15) is 48.9 Å². The first-order valence-corrected chi connectivity index (χ1v) is 7.38. The van der Waals surface area contributed by atoms with Crippen LogP contribution >= 0.6 is 0 Å². The summed E-state index contributed by atoms with van der Waals surface area (Å²) in [5.74, 6) is -2.15. The molecule has 0 saturated heterocycles. The van der Waals surface area contributed by atoms with Gasteiger partial charge in [0.15, 0.2) is 11.6 Å². The number of carbonyl (C=O) groups excluding carboxylic acids is 1. The smallest absolute Gasteiger partial charge is 0.329 e. The number of halogens is 1. The summed E-state index contributed by atoms with van der Waals surface area (Å²) in [6.45, 7) is 0. The van der Waals surface area contributed by atoms with E-state index in [-0.39, 0.29) is 11.3 Å². The third-order valence-corrected chi connectivity index (χ3v) is 4.13. The number of rotatable bonds is 4. The first-order valence-electron chi connectivity index (χ1n) is 7.38. The van der Waals surface area contributed by atoms with Crippen LogP contribution in [0.3, 0.4) is 0 Å². The molecule has 1 aliphatic rings. The molecule has 1 fully saturated rings. The number of ether oxygens (including phenoxy) is 1. The molecule has 22 heavy (non-hydrogen) atoms. The molecule has 0 bridgehead atoms. The summed E-state index contributed by atoms with van der Waals surface area (Å²) in [6.07, 6.45) is 4.28. The molecule has 0 unspecified atom stereocenters. The van der Waals surface area contributed by atoms with Crippen molar-refractivity contribution in [1.29, 1.82) is 0 Å². The number of carboxylic acid groups (broad SMARTS) is 1. The van der Waals surface area contributed by atoms with Crippen molar-refractivity contribution in [2.75, 3.05) is 7.11 Å². The van der Waals surface area contributed by atoms with Crippen molar-refractivity contribution in [3.05, 3.63) is 29.6 Å². The van der Waals surface area contributed by atoms with E-state index in [2.05, 4.69) is 5.32 Å². The number of benzene rings is 1. The summed E-state index contributed by atoms with van der Waals surface area (Å²) in [7, 11) is 1.31. The largest absolute Gasteiger partial charge is 0.494 e. The van der Waals surface area contributed by atoms with Crippen molar-refractivity contribution in [2.24, 2.45) is 0 Å². The first-order chi connectivity index (χ1) is 10.5. The Hall–Kier alpha value is -2.11. The molecule has 1 amide bonds.